The fourth-order valence-electron chi connectivity index (χ4n) is 1.96. The van der Waals surface area contributed by atoms with Gasteiger partial charge in [-0.25, -0.2) is 5.43 Å². The third-order valence-electron chi connectivity index (χ3n) is 2.90. The molecule has 1 atom stereocenters. The molecule has 0 saturated carbocycles. The summed E-state index contributed by atoms with van der Waals surface area (Å²) >= 11 is 4.74. The number of thiophene rings is 1. The molecule has 0 spiro atoms. The van der Waals surface area contributed by atoms with Crippen molar-refractivity contribution in [2.75, 3.05) is 0 Å². The molecule has 2 aromatic rings. The van der Waals surface area contributed by atoms with E-state index in [0.717, 1.165) is 20.3 Å². The van der Waals surface area contributed by atoms with Crippen molar-refractivity contribution in [2.45, 2.75) is 19.1 Å². The maximum atomic E-state index is 13.1. The lowest BCUT2D eigenvalue weighted by Crippen LogP contribution is -2.30. The molecule has 1 aromatic heterocycles. The van der Waals surface area contributed by atoms with Crippen molar-refractivity contribution in [3.63, 3.8) is 0 Å². The maximum absolute atomic E-state index is 13.1. The first kappa shape index (κ1) is 15.5. The van der Waals surface area contributed by atoms with Crippen LogP contribution in [0.5, 0.6) is 0 Å². The van der Waals surface area contributed by atoms with Crippen LogP contribution in [-0.2, 0) is 6.18 Å². The number of alkyl halides is 3. The highest BCUT2D eigenvalue weighted by atomic mass is 79.9. The van der Waals surface area contributed by atoms with E-state index in [1.165, 1.54) is 23.5 Å². The Morgan fingerprint density at radius 3 is 2.45 bits per heavy atom. The molecule has 0 radical (unpaired) electrons. The number of hydrogen-bond acceptors (Lipinski definition) is 3. The molecule has 1 aromatic carbocycles. The number of halogens is 4. The van der Waals surface area contributed by atoms with Crippen LogP contribution in [0.25, 0.3) is 0 Å². The summed E-state index contributed by atoms with van der Waals surface area (Å²) in [6.07, 6.45) is -4.41. The summed E-state index contributed by atoms with van der Waals surface area (Å²) in [6, 6.07) is 6.58. The molecule has 20 heavy (non-hydrogen) atoms. The summed E-state index contributed by atoms with van der Waals surface area (Å²) in [6.45, 7) is 1.88. The normalized spacial score (nSPS) is 13.5. The third kappa shape index (κ3) is 3.06. The van der Waals surface area contributed by atoms with Gasteiger partial charge in [0.1, 0.15) is 0 Å². The highest BCUT2D eigenvalue weighted by Gasteiger charge is 2.35. The lowest BCUT2D eigenvalue weighted by Gasteiger charge is -2.20. The van der Waals surface area contributed by atoms with E-state index in [4.69, 9.17) is 5.84 Å². The summed E-state index contributed by atoms with van der Waals surface area (Å²) in [5.74, 6) is 5.48. The Morgan fingerprint density at radius 2 is 1.95 bits per heavy atom. The van der Waals surface area contributed by atoms with Crippen LogP contribution in [0, 0.1) is 6.92 Å². The van der Waals surface area contributed by atoms with E-state index >= 15 is 0 Å². The molecule has 2 nitrogen and oxygen atoms in total. The van der Waals surface area contributed by atoms with Gasteiger partial charge in [0.2, 0.25) is 0 Å². The first-order chi connectivity index (χ1) is 9.34. The van der Waals surface area contributed by atoms with Gasteiger partial charge in [0, 0.05) is 4.88 Å². The second kappa shape index (κ2) is 5.85. The summed E-state index contributed by atoms with van der Waals surface area (Å²) in [7, 11) is 0. The minimum atomic E-state index is -4.41. The Bertz CT molecular complexity index is 590. The summed E-state index contributed by atoms with van der Waals surface area (Å²) in [4.78, 5) is 0.730. The number of benzene rings is 1. The first-order valence-electron chi connectivity index (χ1n) is 5.72. The molecular weight excluding hydrogens is 353 g/mol. The van der Waals surface area contributed by atoms with Gasteiger partial charge in [0.05, 0.1) is 15.4 Å². The first-order valence-corrected chi connectivity index (χ1v) is 7.33. The van der Waals surface area contributed by atoms with Crippen molar-refractivity contribution in [3.05, 3.63) is 55.7 Å². The SMILES string of the molecule is Cc1cc(C(NN)c2ccccc2C(F)(F)F)sc1Br. The molecule has 0 fully saturated rings. The summed E-state index contributed by atoms with van der Waals surface area (Å²) < 4.78 is 40.1. The van der Waals surface area contributed by atoms with Gasteiger partial charge in [-0.15, -0.1) is 11.3 Å². The van der Waals surface area contributed by atoms with Crippen molar-refractivity contribution < 1.29 is 13.2 Å². The second-order valence-corrected chi connectivity index (χ2v) is 6.69. The Balaban J connectivity index is 2.53. The van der Waals surface area contributed by atoms with Gasteiger partial charge in [-0.1, -0.05) is 18.2 Å². The van der Waals surface area contributed by atoms with Crippen LogP contribution in [0.4, 0.5) is 13.2 Å². The predicted octanol–water partition coefficient (Wildman–Crippen LogP) is 4.39. The van der Waals surface area contributed by atoms with E-state index < -0.39 is 17.8 Å². The van der Waals surface area contributed by atoms with Gasteiger partial charge in [-0.3, -0.25) is 5.84 Å². The van der Waals surface area contributed by atoms with Crippen LogP contribution in [0.3, 0.4) is 0 Å². The molecule has 0 aliphatic rings. The fraction of sp³-hybridized carbons (Fsp3) is 0.231. The van der Waals surface area contributed by atoms with Crippen LogP contribution in [0.1, 0.15) is 27.6 Å². The topological polar surface area (TPSA) is 38.0 Å². The largest absolute Gasteiger partial charge is 0.416 e. The predicted molar refractivity (Wildman–Crippen MR) is 77.4 cm³/mol. The molecule has 1 heterocycles. The fourth-order valence-corrected chi connectivity index (χ4v) is 3.61. The molecule has 2 rings (SSSR count). The Kier molecular flexibility index (Phi) is 4.53. The average molecular weight is 365 g/mol. The van der Waals surface area contributed by atoms with Gasteiger partial charge in [0.25, 0.3) is 0 Å². The smallest absolute Gasteiger partial charge is 0.271 e. The van der Waals surface area contributed by atoms with E-state index in [1.54, 1.807) is 6.07 Å². The molecule has 7 heteroatoms. The van der Waals surface area contributed by atoms with Gasteiger partial charge >= 0.3 is 6.18 Å². The van der Waals surface area contributed by atoms with E-state index in [9.17, 15) is 13.2 Å². The quantitative estimate of drug-likeness (QED) is 0.626. The molecule has 0 amide bonds. The lowest BCUT2D eigenvalue weighted by molar-refractivity contribution is -0.138. The monoisotopic (exact) mass is 364 g/mol. The summed E-state index contributed by atoms with van der Waals surface area (Å²) in [5.41, 5.74) is 2.89. The molecule has 0 aliphatic heterocycles. The number of hydrazine groups is 1. The molecule has 0 saturated heterocycles. The van der Waals surface area contributed by atoms with E-state index in [2.05, 4.69) is 21.4 Å². The van der Waals surface area contributed by atoms with Crippen LogP contribution >= 0.6 is 27.3 Å². The zero-order valence-corrected chi connectivity index (χ0v) is 12.9. The van der Waals surface area contributed by atoms with Gasteiger partial charge in [0.15, 0.2) is 0 Å². The molecule has 108 valence electrons. The van der Waals surface area contributed by atoms with Gasteiger partial charge in [-0.2, -0.15) is 13.2 Å². The zero-order chi connectivity index (χ0) is 14.9. The molecule has 0 bridgehead atoms. The van der Waals surface area contributed by atoms with Gasteiger partial charge in [-0.05, 0) is 46.1 Å². The van der Waals surface area contributed by atoms with Crippen molar-refractivity contribution in [2.24, 2.45) is 5.84 Å². The zero-order valence-electron chi connectivity index (χ0n) is 10.5. The van der Waals surface area contributed by atoms with Crippen molar-refractivity contribution in [1.82, 2.24) is 5.43 Å². The Morgan fingerprint density at radius 1 is 1.30 bits per heavy atom. The number of nitrogens with two attached hydrogens (primary N) is 1. The van der Waals surface area contributed by atoms with E-state index in [0.29, 0.717) is 0 Å². The van der Waals surface area contributed by atoms with Crippen LogP contribution < -0.4 is 11.3 Å². The molecular formula is C13H12BrF3N2S. The maximum Gasteiger partial charge on any atom is 0.416 e. The number of aryl methyl sites for hydroxylation is 1. The minimum Gasteiger partial charge on any atom is -0.271 e. The highest BCUT2D eigenvalue weighted by molar-refractivity contribution is 9.11. The molecule has 1 unspecified atom stereocenters. The number of hydrogen-bond donors (Lipinski definition) is 2. The highest BCUT2D eigenvalue weighted by Crippen LogP contribution is 2.39. The van der Waals surface area contributed by atoms with Crippen LogP contribution in [0.2, 0.25) is 0 Å². The van der Waals surface area contributed by atoms with Crippen LogP contribution in [-0.4, -0.2) is 0 Å². The molecule has 3 N–H and O–H groups in total. The third-order valence-corrected chi connectivity index (χ3v) is 5.11. The van der Waals surface area contributed by atoms with Gasteiger partial charge < -0.3 is 0 Å². The van der Waals surface area contributed by atoms with Crippen molar-refractivity contribution in [1.29, 1.82) is 0 Å². The average Bonchev–Trinajstić information content (AvgIpc) is 2.70. The summed E-state index contributed by atoms with van der Waals surface area (Å²) in [5, 5.41) is 0. The van der Waals surface area contributed by atoms with E-state index in [1.807, 2.05) is 13.0 Å². The minimum absolute atomic E-state index is 0.122. The number of nitrogens with one attached hydrogen (secondary N) is 1. The lowest BCUT2D eigenvalue weighted by atomic mass is 9.99. The molecule has 0 aliphatic carbocycles. The Labute approximate surface area is 126 Å². The van der Waals surface area contributed by atoms with Crippen molar-refractivity contribution >= 4 is 27.3 Å². The van der Waals surface area contributed by atoms with Crippen molar-refractivity contribution in [3.8, 4) is 0 Å². The van der Waals surface area contributed by atoms with Crippen LogP contribution in [0.15, 0.2) is 34.1 Å². The Hall–Kier alpha value is -0.890. The standard InChI is InChI=1S/C13H12BrF3N2S/c1-7-6-10(20-12(7)14)11(19-18)8-4-2-3-5-9(8)13(15,16)17/h2-6,11,19H,18H2,1H3. The number of rotatable bonds is 3. The second-order valence-electron chi connectivity index (χ2n) is 4.29. The van der Waals surface area contributed by atoms with E-state index in [-0.39, 0.29) is 5.56 Å².